The molecule has 0 radical (unpaired) electrons. The number of aromatic hydroxyl groups is 1. The number of phenolic OH excluding ortho intramolecular Hbond substituents is 1. The second-order valence-corrected chi connectivity index (χ2v) is 4.61. The van der Waals surface area contributed by atoms with Crippen molar-refractivity contribution in [1.29, 1.82) is 0 Å². The number of aliphatic hydroxyl groups is 1. The number of phenols is 1. The third kappa shape index (κ3) is 3.21. The monoisotopic (exact) mass is 287 g/mol. The van der Waals surface area contributed by atoms with Gasteiger partial charge in [0, 0.05) is 18.1 Å². The van der Waals surface area contributed by atoms with Gasteiger partial charge in [-0.15, -0.1) is 0 Å². The zero-order valence-corrected chi connectivity index (χ0v) is 10.7. The topological polar surface area (TPSA) is 60.8 Å². The van der Waals surface area contributed by atoms with E-state index in [9.17, 15) is 15.0 Å². The van der Waals surface area contributed by atoms with Gasteiger partial charge in [-0.1, -0.05) is 15.9 Å². The van der Waals surface area contributed by atoms with Crippen LogP contribution in [0.2, 0.25) is 0 Å². The highest BCUT2D eigenvalue weighted by atomic mass is 79.9. The molecular formula is C11H14BrNO3. The molecule has 4 nitrogen and oxygen atoms in total. The summed E-state index contributed by atoms with van der Waals surface area (Å²) in [5, 5.41) is 18.7. The molecule has 0 fully saturated rings. The van der Waals surface area contributed by atoms with E-state index in [2.05, 4.69) is 15.9 Å². The number of rotatable bonds is 3. The Hall–Kier alpha value is -1.07. The first-order chi connectivity index (χ1) is 7.41. The molecule has 0 aliphatic heterocycles. The van der Waals surface area contributed by atoms with Gasteiger partial charge in [0.05, 0.1) is 11.7 Å². The molecule has 1 unspecified atom stereocenters. The molecule has 88 valence electrons. The second-order valence-electron chi connectivity index (χ2n) is 3.70. The van der Waals surface area contributed by atoms with E-state index in [1.807, 2.05) is 0 Å². The van der Waals surface area contributed by atoms with Crippen LogP contribution in [0.3, 0.4) is 0 Å². The summed E-state index contributed by atoms with van der Waals surface area (Å²) in [5.74, 6) is -0.384. The van der Waals surface area contributed by atoms with Gasteiger partial charge < -0.3 is 15.1 Å². The number of halogens is 1. The summed E-state index contributed by atoms with van der Waals surface area (Å²) in [7, 11) is 1.58. The van der Waals surface area contributed by atoms with Gasteiger partial charge in [-0.05, 0) is 25.1 Å². The molecule has 2 N–H and O–H groups in total. The van der Waals surface area contributed by atoms with Gasteiger partial charge in [-0.25, -0.2) is 0 Å². The van der Waals surface area contributed by atoms with Crippen molar-refractivity contribution in [3.05, 3.63) is 28.2 Å². The Morgan fingerprint density at radius 1 is 1.56 bits per heavy atom. The van der Waals surface area contributed by atoms with E-state index in [-0.39, 0.29) is 23.8 Å². The van der Waals surface area contributed by atoms with Gasteiger partial charge >= 0.3 is 0 Å². The molecule has 0 bridgehead atoms. The van der Waals surface area contributed by atoms with Crippen molar-refractivity contribution in [1.82, 2.24) is 4.90 Å². The number of benzene rings is 1. The van der Waals surface area contributed by atoms with Crippen molar-refractivity contribution >= 4 is 21.8 Å². The van der Waals surface area contributed by atoms with E-state index in [0.717, 1.165) is 4.47 Å². The molecule has 1 amide bonds. The third-order valence-electron chi connectivity index (χ3n) is 2.07. The molecule has 1 aromatic carbocycles. The Kier molecular flexibility index (Phi) is 4.32. The maximum Gasteiger partial charge on any atom is 0.257 e. The molecule has 0 spiro atoms. The summed E-state index contributed by atoms with van der Waals surface area (Å²) in [5.41, 5.74) is 0.220. The zero-order chi connectivity index (χ0) is 12.3. The third-order valence-corrected chi connectivity index (χ3v) is 2.57. The lowest BCUT2D eigenvalue weighted by Crippen LogP contribution is -2.33. The Morgan fingerprint density at radius 3 is 2.75 bits per heavy atom. The summed E-state index contributed by atoms with van der Waals surface area (Å²) in [6.07, 6.45) is -0.594. The van der Waals surface area contributed by atoms with Gasteiger partial charge in [0.1, 0.15) is 5.75 Å². The van der Waals surface area contributed by atoms with Crippen molar-refractivity contribution in [2.45, 2.75) is 13.0 Å². The minimum Gasteiger partial charge on any atom is -0.507 e. The van der Waals surface area contributed by atoms with Crippen LogP contribution in [-0.4, -0.2) is 40.7 Å². The van der Waals surface area contributed by atoms with Gasteiger partial charge in [0.2, 0.25) is 0 Å². The van der Waals surface area contributed by atoms with Crippen LogP contribution < -0.4 is 0 Å². The number of carbonyl (C=O) groups is 1. The van der Waals surface area contributed by atoms with E-state index < -0.39 is 6.10 Å². The number of aliphatic hydroxyl groups excluding tert-OH is 1. The highest BCUT2D eigenvalue weighted by molar-refractivity contribution is 9.10. The number of amides is 1. The highest BCUT2D eigenvalue weighted by Gasteiger charge is 2.17. The van der Waals surface area contributed by atoms with Crippen LogP contribution in [-0.2, 0) is 0 Å². The van der Waals surface area contributed by atoms with Gasteiger partial charge in [-0.3, -0.25) is 4.79 Å². The molecule has 1 atom stereocenters. The normalized spacial score (nSPS) is 12.2. The van der Waals surface area contributed by atoms with E-state index in [1.54, 1.807) is 26.1 Å². The van der Waals surface area contributed by atoms with Crippen LogP contribution in [0.25, 0.3) is 0 Å². The van der Waals surface area contributed by atoms with Crippen LogP contribution in [0.1, 0.15) is 17.3 Å². The van der Waals surface area contributed by atoms with Crippen molar-refractivity contribution in [3.8, 4) is 5.75 Å². The quantitative estimate of drug-likeness (QED) is 0.888. The standard InChI is InChI=1S/C11H14BrNO3/c1-7(14)6-13(2)11(16)9-5-8(12)3-4-10(9)15/h3-5,7,14-15H,6H2,1-2H3. The molecule has 0 aliphatic rings. The summed E-state index contributed by atoms with van der Waals surface area (Å²) < 4.78 is 0.721. The van der Waals surface area contributed by atoms with Gasteiger partial charge in [0.25, 0.3) is 5.91 Å². The largest absolute Gasteiger partial charge is 0.507 e. The molecular weight excluding hydrogens is 274 g/mol. The first kappa shape index (κ1) is 13.0. The average Bonchev–Trinajstić information content (AvgIpc) is 2.19. The molecule has 16 heavy (non-hydrogen) atoms. The van der Waals surface area contributed by atoms with Crippen molar-refractivity contribution in [3.63, 3.8) is 0 Å². The average molecular weight is 288 g/mol. The fraction of sp³-hybridized carbons (Fsp3) is 0.364. The van der Waals surface area contributed by atoms with Gasteiger partial charge in [-0.2, -0.15) is 0 Å². The number of hydrogen-bond acceptors (Lipinski definition) is 3. The van der Waals surface area contributed by atoms with E-state index in [0.29, 0.717) is 0 Å². The molecule has 1 rings (SSSR count). The predicted molar refractivity (Wildman–Crippen MR) is 64.4 cm³/mol. The van der Waals surface area contributed by atoms with Crippen LogP contribution in [0, 0.1) is 0 Å². The van der Waals surface area contributed by atoms with Crippen LogP contribution >= 0.6 is 15.9 Å². The lowest BCUT2D eigenvalue weighted by Gasteiger charge is -2.19. The fourth-order valence-electron chi connectivity index (χ4n) is 1.36. The minimum absolute atomic E-state index is 0.0642. The number of hydrogen-bond donors (Lipinski definition) is 2. The minimum atomic E-state index is -0.594. The second kappa shape index (κ2) is 5.32. The Balaban J connectivity index is 2.91. The predicted octanol–water partition coefficient (Wildman–Crippen LogP) is 1.61. The summed E-state index contributed by atoms with van der Waals surface area (Å²) in [6, 6.07) is 4.66. The molecule has 0 saturated carbocycles. The van der Waals surface area contributed by atoms with Crippen molar-refractivity contribution in [2.24, 2.45) is 0 Å². The van der Waals surface area contributed by atoms with E-state index >= 15 is 0 Å². The van der Waals surface area contributed by atoms with Crippen molar-refractivity contribution < 1.29 is 15.0 Å². The Labute approximate surface area is 103 Å². The first-order valence-electron chi connectivity index (χ1n) is 4.84. The molecule has 0 aromatic heterocycles. The SMILES string of the molecule is CC(O)CN(C)C(=O)c1cc(Br)ccc1O. The lowest BCUT2D eigenvalue weighted by atomic mass is 10.1. The summed E-state index contributed by atoms with van der Waals surface area (Å²) in [4.78, 5) is 13.3. The van der Waals surface area contributed by atoms with Crippen LogP contribution in [0.4, 0.5) is 0 Å². The number of carbonyl (C=O) groups excluding carboxylic acids is 1. The van der Waals surface area contributed by atoms with Crippen LogP contribution in [0.5, 0.6) is 5.75 Å². The fourth-order valence-corrected chi connectivity index (χ4v) is 1.73. The maximum absolute atomic E-state index is 11.9. The van der Waals surface area contributed by atoms with Gasteiger partial charge in [0.15, 0.2) is 0 Å². The van der Waals surface area contributed by atoms with E-state index in [4.69, 9.17) is 0 Å². The summed E-state index contributed by atoms with van der Waals surface area (Å²) in [6.45, 7) is 1.83. The Bertz CT molecular complexity index is 393. The smallest absolute Gasteiger partial charge is 0.257 e. The molecule has 5 heteroatoms. The molecule has 1 aromatic rings. The summed E-state index contributed by atoms with van der Waals surface area (Å²) >= 11 is 3.23. The lowest BCUT2D eigenvalue weighted by molar-refractivity contribution is 0.0700. The first-order valence-corrected chi connectivity index (χ1v) is 5.63. The Morgan fingerprint density at radius 2 is 2.19 bits per heavy atom. The zero-order valence-electron chi connectivity index (χ0n) is 9.14. The maximum atomic E-state index is 11.9. The van der Waals surface area contributed by atoms with E-state index in [1.165, 1.54) is 11.0 Å². The molecule has 0 aliphatic carbocycles. The van der Waals surface area contributed by atoms with Crippen molar-refractivity contribution in [2.75, 3.05) is 13.6 Å². The highest BCUT2D eigenvalue weighted by Crippen LogP contribution is 2.22. The number of likely N-dealkylation sites (N-methyl/N-ethyl adjacent to an activating group) is 1. The van der Waals surface area contributed by atoms with Crippen LogP contribution in [0.15, 0.2) is 22.7 Å². The number of nitrogens with zero attached hydrogens (tertiary/aromatic N) is 1. The molecule has 0 saturated heterocycles. The molecule has 0 heterocycles.